The Balaban J connectivity index is 1.89. The van der Waals surface area contributed by atoms with Crippen molar-refractivity contribution in [3.63, 3.8) is 0 Å². The predicted octanol–water partition coefficient (Wildman–Crippen LogP) is 8.83. The molecule has 0 aliphatic carbocycles. The van der Waals surface area contributed by atoms with Crippen LogP contribution in [0, 0.1) is 0 Å². The molecule has 0 saturated heterocycles. The Morgan fingerprint density at radius 2 is 1.13 bits per heavy atom. The lowest BCUT2D eigenvalue weighted by Gasteiger charge is -2.18. The van der Waals surface area contributed by atoms with Gasteiger partial charge in [0.05, 0.1) is 5.56 Å². The molecule has 0 aliphatic heterocycles. The summed E-state index contributed by atoms with van der Waals surface area (Å²) in [7, 11) is 0. The van der Waals surface area contributed by atoms with Crippen molar-refractivity contribution < 1.29 is 13.2 Å². The third kappa shape index (κ3) is 3.68. The van der Waals surface area contributed by atoms with Gasteiger partial charge in [0.25, 0.3) is 0 Å². The van der Waals surface area contributed by atoms with Gasteiger partial charge in [-0.05, 0) is 51.4 Å². The van der Waals surface area contributed by atoms with Gasteiger partial charge in [0.2, 0.25) is 0 Å². The van der Waals surface area contributed by atoms with Gasteiger partial charge in [-0.15, -0.1) is 0 Å². The fourth-order valence-electron chi connectivity index (χ4n) is 3.96. The number of hydrogen-bond donors (Lipinski definition) is 0. The number of benzene rings is 5. The van der Waals surface area contributed by atoms with Crippen molar-refractivity contribution in [3.05, 3.63) is 109 Å². The van der Waals surface area contributed by atoms with E-state index < -0.39 is 11.7 Å². The molecule has 0 unspecified atom stereocenters. The van der Waals surface area contributed by atoms with Crippen LogP contribution in [0.3, 0.4) is 0 Å². The van der Waals surface area contributed by atoms with Gasteiger partial charge in [-0.25, -0.2) is 0 Å². The first-order valence-corrected chi connectivity index (χ1v) is 10.7. The molecule has 0 saturated carbocycles. The number of hydrogen-bond acceptors (Lipinski definition) is 1. The molecule has 0 aromatic heterocycles. The Bertz CT molecular complexity index is 1390. The van der Waals surface area contributed by atoms with Gasteiger partial charge in [0, 0.05) is 15.4 Å². The number of halogens is 3. The summed E-state index contributed by atoms with van der Waals surface area (Å²) < 4.78 is 40.5. The van der Waals surface area contributed by atoms with Gasteiger partial charge in [0.1, 0.15) is 0 Å². The maximum atomic E-state index is 13.5. The van der Waals surface area contributed by atoms with Crippen LogP contribution in [0.15, 0.2) is 113 Å². The Hall–Kier alpha value is -3.24. The topological polar surface area (TPSA) is 0 Å². The first-order chi connectivity index (χ1) is 15.0. The molecule has 0 nitrogen and oxygen atoms in total. The van der Waals surface area contributed by atoms with Gasteiger partial charge >= 0.3 is 6.18 Å². The van der Waals surface area contributed by atoms with Crippen LogP contribution in [0.4, 0.5) is 13.2 Å². The maximum Gasteiger partial charge on any atom is 0.416 e. The van der Waals surface area contributed by atoms with Crippen molar-refractivity contribution in [2.75, 3.05) is 0 Å². The molecule has 5 rings (SSSR count). The largest absolute Gasteiger partial charge is 0.416 e. The highest BCUT2D eigenvalue weighted by Crippen LogP contribution is 2.46. The normalized spacial score (nSPS) is 11.8. The van der Waals surface area contributed by atoms with Crippen LogP contribution in [0.2, 0.25) is 0 Å². The minimum Gasteiger partial charge on any atom is -0.166 e. The van der Waals surface area contributed by atoms with Gasteiger partial charge in [-0.3, -0.25) is 0 Å². The molecule has 4 heteroatoms. The fraction of sp³-hybridized carbons (Fsp3) is 0.0370. The summed E-state index contributed by atoms with van der Waals surface area (Å²) in [4.78, 5) is 2.00. The number of rotatable bonds is 3. The molecule has 0 spiro atoms. The average Bonchev–Trinajstić information content (AvgIpc) is 2.79. The van der Waals surface area contributed by atoms with Crippen LogP contribution in [-0.2, 0) is 6.18 Å². The van der Waals surface area contributed by atoms with Crippen molar-refractivity contribution >= 4 is 33.3 Å². The zero-order chi connectivity index (χ0) is 21.4. The average molecular weight is 430 g/mol. The van der Waals surface area contributed by atoms with Gasteiger partial charge in [0.15, 0.2) is 0 Å². The first kappa shape index (κ1) is 19.7. The molecular formula is C27H17F3S. The van der Waals surface area contributed by atoms with Gasteiger partial charge < -0.3 is 0 Å². The quantitative estimate of drug-likeness (QED) is 0.258. The molecule has 0 fully saturated rings. The molecule has 0 aliphatic rings. The van der Waals surface area contributed by atoms with E-state index in [1.165, 1.54) is 12.1 Å². The van der Waals surface area contributed by atoms with Crippen molar-refractivity contribution in [1.82, 2.24) is 0 Å². The third-order valence-corrected chi connectivity index (χ3v) is 6.46. The van der Waals surface area contributed by atoms with E-state index in [4.69, 9.17) is 0 Å². The monoisotopic (exact) mass is 430 g/mol. The summed E-state index contributed by atoms with van der Waals surface area (Å²) in [6.07, 6.45) is -4.39. The molecule has 0 atom stereocenters. The van der Waals surface area contributed by atoms with Crippen molar-refractivity contribution in [2.45, 2.75) is 16.0 Å². The zero-order valence-electron chi connectivity index (χ0n) is 16.4. The lowest BCUT2D eigenvalue weighted by molar-refractivity contribution is -0.137. The molecule has 0 heterocycles. The molecular weight excluding hydrogens is 413 g/mol. The fourth-order valence-corrected chi connectivity index (χ4v) is 5.11. The van der Waals surface area contributed by atoms with Crippen molar-refractivity contribution in [2.24, 2.45) is 0 Å². The van der Waals surface area contributed by atoms with E-state index in [1.54, 1.807) is 17.8 Å². The molecule has 5 aromatic carbocycles. The smallest absolute Gasteiger partial charge is 0.166 e. The van der Waals surface area contributed by atoms with E-state index in [9.17, 15) is 13.2 Å². The van der Waals surface area contributed by atoms with Crippen LogP contribution in [-0.4, -0.2) is 0 Å². The Kier molecular flexibility index (Phi) is 4.95. The SMILES string of the molecule is FC(F)(F)c1cccc(-c2c(Sc3ccccc3)c3ccccc3c3ccccc23)c1. The van der Waals surface area contributed by atoms with E-state index in [0.29, 0.717) is 5.56 Å². The second-order valence-electron chi connectivity index (χ2n) is 7.29. The van der Waals surface area contributed by atoms with Crippen LogP contribution in [0.1, 0.15) is 5.56 Å². The number of alkyl halides is 3. The lowest BCUT2D eigenvalue weighted by atomic mass is 9.92. The Morgan fingerprint density at radius 1 is 0.548 bits per heavy atom. The summed E-state index contributed by atoms with van der Waals surface area (Å²) in [6.45, 7) is 0. The molecule has 0 amide bonds. The lowest BCUT2D eigenvalue weighted by Crippen LogP contribution is -2.04. The van der Waals surface area contributed by atoms with E-state index in [2.05, 4.69) is 6.07 Å². The summed E-state index contributed by atoms with van der Waals surface area (Å²) >= 11 is 1.59. The van der Waals surface area contributed by atoms with Crippen LogP contribution < -0.4 is 0 Å². The highest BCUT2D eigenvalue weighted by atomic mass is 32.2. The Morgan fingerprint density at radius 3 is 1.81 bits per heavy atom. The molecule has 5 aromatic rings. The van der Waals surface area contributed by atoms with Crippen molar-refractivity contribution in [1.29, 1.82) is 0 Å². The molecule has 0 radical (unpaired) electrons. The zero-order valence-corrected chi connectivity index (χ0v) is 17.2. The van der Waals surface area contributed by atoms with Crippen molar-refractivity contribution in [3.8, 4) is 11.1 Å². The highest BCUT2D eigenvalue weighted by Gasteiger charge is 2.31. The van der Waals surface area contributed by atoms with E-state index in [0.717, 1.165) is 43.0 Å². The third-order valence-electron chi connectivity index (χ3n) is 5.33. The van der Waals surface area contributed by atoms with Crippen LogP contribution in [0.25, 0.3) is 32.7 Å². The minimum absolute atomic E-state index is 0.565. The summed E-state index contributed by atoms with van der Waals surface area (Å²) in [5.74, 6) is 0. The maximum absolute atomic E-state index is 13.5. The highest BCUT2D eigenvalue weighted by molar-refractivity contribution is 7.99. The van der Waals surface area contributed by atoms with Gasteiger partial charge in [-0.1, -0.05) is 90.6 Å². The summed E-state index contributed by atoms with van der Waals surface area (Å²) in [5.41, 5.74) is 0.752. The number of fused-ring (bicyclic) bond motifs is 3. The summed E-state index contributed by atoms with van der Waals surface area (Å²) in [6, 6.07) is 31.6. The van der Waals surface area contributed by atoms with Gasteiger partial charge in [-0.2, -0.15) is 13.2 Å². The molecule has 152 valence electrons. The van der Waals surface area contributed by atoms with E-state index in [1.807, 2.05) is 72.8 Å². The Labute approximate surface area is 182 Å². The standard InChI is InChI=1S/C27H17F3S/c28-27(29,30)19-10-8-9-18(17-19)25-23-15-6-4-13-21(23)22-14-5-7-16-24(22)26(25)31-20-11-2-1-3-12-20/h1-17H. The van der Waals surface area contributed by atoms with Crippen LogP contribution in [0.5, 0.6) is 0 Å². The van der Waals surface area contributed by atoms with Crippen LogP contribution >= 0.6 is 11.8 Å². The summed E-state index contributed by atoms with van der Waals surface area (Å²) in [5, 5.41) is 4.09. The molecule has 0 N–H and O–H groups in total. The second-order valence-corrected chi connectivity index (χ2v) is 8.37. The molecule has 0 bridgehead atoms. The van der Waals surface area contributed by atoms with E-state index in [-0.39, 0.29) is 0 Å². The molecule has 31 heavy (non-hydrogen) atoms. The van der Waals surface area contributed by atoms with E-state index >= 15 is 0 Å². The predicted molar refractivity (Wildman–Crippen MR) is 122 cm³/mol. The first-order valence-electron chi connectivity index (χ1n) is 9.86. The minimum atomic E-state index is -4.39. The second kappa shape index (κ2) is 7.78.